The highest BCUT2D eigenvalue weighted by molar-refractivity contribution is 7.98. The minimum atomic E-state index is 0.407. The number of benzene rings is 2. The van der Waals surface area contributed by atoms with Crippen molar-refractivity contribution in [2.75, 3.05) is 7.11 Å². The maximum Gasteiger partial charge on any atom is 0.226 e. The molecule has 0 atom stereocenters. The molecular weight excluding hydrogens is 434 g/mol. The third-order valence-corrected chi connectivity index (χ3v) is 6.91. The zero-order valence-corrected chi connectivity index (χ0v) is 19.5. The summed E-state index contributed by atoms with van der Waals surface area (Å²) in [5.74, 6) is 3.54. The molecule has 0 unspecified atom stereocenters. The van der Waals surface area contributed by atoms with Crippen molar-refractivity contribution in [1.82, 2.24) is 25.0 Å². The van der Waals surface area contributed by atoms with Gasteiger partial charge in [0.25, 0.3) is 0 Å². The summed E-state index contributed by atoms with van der Waals surface area (Å²) in [5.41, 5.74) is 2.20. The topological polar surface area (TPSA) is 78.9 Å². The Morgan fingerprint density at radius 1 is 0.909 bits per heavy atom. The number of nitrogens with zero attached hydrogens (tertiary/aromatic N) is 5. The number of thioether (sulfide) groups is 1. The van der Waals surface area contributed by atoms with Gasteiger partial charge in [-0.05, 0) is 42.7 Å². The average Bonchev–Trinajstić information content (AvgIpc) is 3.51. The second-order valence-corrected chi connectivity index (χ2v) is 9.18. The van der Waals surface area contributed by atoms with Gasteiger partial charge in [0.2, 0.25) is 11.8 Å². The van der Waals surface area contributed by atoms with Gasteiger partial charge >= 0.3 is 0 Å². The first-order chi connectivity index (χ1) is 16.3. The highest BCUT2D eigenvalue weighted by Crippen LogP contribution is 2.36. The van der Waals surface area contributed by atoms with Crippen molar-refractivity contribution in [1.29, 1.82) is 0 Å². The van der Waals surface area contributed by atoms with Gasteiger partial charge in [-0.15, -0.1) is 20.4 Å². The first-order valence-corrected chi connectivity index (χ1v) is 12.4. The number of hydrogen-bond donors (Lipinski definition) is 0. The molecule has 2 aromatic heterocycles. The molecule has 2 aromatic carbocycles. The van der Waals surface area contributed by atoms with Crippen LogP contribution in [0.2, 0.25) is 0 Å². The Balaban J connectivity index is 1.35. The first kappa shape index (κ1) is 21.7. The van der Waals surface area contributed by atoms with Crippen molar-refractivity contribution in [3.63, 3.8) is 0 Å². The molecule has 0 radical (unpaired) electrons. The predicted molar refractivity (Wildman–Crippen MR) is 127 cm³/mol. The van der Waals surface area contributed by atoms with E-state index >= 15 is 0 Å². The van der Waals surface area contributed by atoms with Crippen LogP contribution in [0.15, 0.2) is 64.2 Å². The fraction of sp³-hybridized carbons (Fsp3) is 0.360. The van der Waals surface area contributed by atoms with E-state index in [1.165, 1.54) is 19.3 Å². The SMILES string of the molecule is COc1ccc(-c2nnc(SCc3nnc(Cc4ccccc4)o3)n2C2CCCCC2)cc1. The van der Waals surface area contributed by atoms with E-state index in [1.54, 1.807) is 18.9 Å². The Kier molecular flexibility index (Phi) is 6.71. The van der Waals surface area contributed by atoms with E-state index < -0.39 is 0 Å². The summed E-state index contributed by atoms with van der Waals surface area (Å²) in [6, 6.07) is 18.6. The molecule has 1 aliphatic carbocycles. The van der Waals surface area contributed by atoms with Gasteiger partial charge in [-0.2, -0.15) is 0 Å². The molecule has 0 spiro atoms. The van der Waals surface area contributed by atoms with Crippen molar-refractivity contribution < 1.29 is 9.15 Å². The molecule has 1 saturated carbocycles. The highest BCUT2D eigenvalue weighted by atomic mass is 32.2. The summed E-state index contributed by atoms with van der Waals surface area (Å²) >= 11 is 1.60. The predicted octanol–water partition coefficient (Wildman–Crippen LogP) is 5.73. The van der Waals surface area contributed by atoms with Crippen molar-refractivity contribution in [2.45, 2.75) is 55.5 Å². The lowest BCUT2D eigenvalue weighted by atomic mass is 9.95. The van der Waals surface area contributed by atoms with Crippen LogP contribution in [0.3, 0.4) is 0 Å². The molecule has 0 bridgehead atoms. The van der Waals surface area contributed by atoms with Gasteiger partial charge in [0.15, 0.2) is 11.0 Å². The Labute approximate surface area is 197 Å². The molecular formula is C25H27N5O2S. The second kappa shape index (κ2) is 10.2. The molecule has 5 rings (SSSR count). The molecule has 1 fully saturated rings. The van der Waals surface area contributed by atoms with Crippen molar-refractivity contribution in [3.05, 3.63) is 71.9 Å². The normalized spacial score (nSPS) is 14.5. The summed E-state index contributed by atoms with van der Waals surface area (Å²) in [6.45, 7) is 0. The fourth-order valence-corrected chi connectivity index (χ4v) is 5.14. The monoisotopic (exact) mass is 461 g/mol. The number of rotatable bonds is 8. The molecule has 8 heteroatoms. The number of aromatic nitrogens is 5. The van der Waals surface area contributed by atoms with E-state index in [0.29, 0.717) is 30.0 Å². The lowest BCUT2D eigenvalue weighted by Gasteiger charge is -2.25. The average molecular weight is 462 g/mol. The van der Waals surface area contributed by atoms with Gasteiger partial charge in [0.1, 0.15) is 5.75 Å². The van der Waals surface area contributed by atoms with Gasteiger partial charge in [0, 0.05) is 11.6 Å². The molecule has 0 aliphatic heterocycles. The van der Waals surface area contributed by atoms with Gasteiger partial charge in [0.05, 0.1) is 19.3 Å². The quantitative estimate of drug-likeness (QED) is 0.310. The van der Waals surface area contributed by atoms with Crippen LogP contribution < -0.4 is 4.74 Å². The maximum absolute atomic E-state index is 5.90. The van der Waals surface area contributed by atoms with Crippen LogP contribution in [0, 0.1) is 0 Å². The minimum Gasteiger partial charge on any atom is -0.497 e. The number of ether oxygens (including phenoxy) is 1. The third kappa shape index (κ3) is 5.11. The standard InChI is InChI=1S/C25H27N5O2S/c1-31-21-14-12-19(13-15-21)24-28-29-25(30(24)20-10-6-3-7-11-20)33-17-23-27-26-22(32-23)16-18-8-4-2-5-9-18/h2,4-5,8-9,12-15,20H,3,6-7,10-11,16-17H2,1H3. The number of hydrogen-bond acceptors (Lipinski definition) is 7. The third-order valence-electron chi connectivity index (χ3n) is 5.98. The molecule has 1 aliphatic rings. The first-order valence-electron chi connectivity index (χ1n) is 11.4. The zero-order chi connectivity index (χ0) is 22.5. The number of methoxy groups -OCH3 is 1. The Bertz CT molecular complexity index is 1170. The van der Waals surface area contributed by atoms with Crippen LogP contribution in [0.1, 0.15) is 55.5 Å². The van der Waals surface area contributed by atoms with Gasteiger partial charge in [-0.1, -0.05) is 61.4 Å². The molecule has 33 heavy (non-hydrogen) atoms. The Morgan fingerprint density at radius 2 is 1.67 bits per heavy atom. The summed E-state index contributed by atoms with van der Waals surface area (Å²) in [6.07, 6.45) is 6.71. The lowest BCUT2D eigenvalue weighted by molar-refractivity contribution is 0.339. The summed E-state index contributed by atoms with van der Waals surface area (Å²) in [5, 5.41) is 18.5. The van der Waals surface area contributed by atoms with Crippen LogP contribution in [-0.2, 0) is 12.2 Å². The fourth-order valence-electron chi connectivity index (χ4n) is 4.30. The van der Waals surface area contributed by atoms with E-state index in [1.807, 2.05) is 42.5 Å². The van der Waals surface area contributed by atoms with E-state index in [4.69, 9.17) is 9.15 Å². The summed E-state index contributed by atoms with van der Waals surface area (Å²) in [7, 11) is 1.68. The van der Waals surface area contributed by atoms with E-state index in [-0.39, 0.29) is 0 Å². The lowest BCUT2D eigenvalue weighted by Crippen LogP contribution is -2.15. The van der Waals surface area contributed by atoms with Crippen LogP contribution in [0.25, 0.3) is 11.4 Å². The van der Waals surface area contributed by atoms with Crippen molar-refractivity contribution >= 4 is 11.8 Å². The molecule has 170 valence electrons. The smallest absolute Gasteiger partial charge is 0.226 e. The van der Waals surface area contributed by atoms with Crippen LogP contribution in [0.5, 0.6) is 5.75 Å². The van der Waals surface area contributed by atoms with Gasteiger partial charge in [-0.3, -0.25) is 4.57 Å². The Hall–Kier alpha value is -3.13. The molecule has 4 aromatic rings. The molecule has 0 amide bonds. The molecule has 0 saturated heterocycles. The summed E-state index contributed by atoms with van der Waals surface area (Å²) in [4.78, 5) is 0. The zero-order valence-electron chi connectivity index (χ0n) is 18.7. The van der Waals surface area contributed by atoms with E-state index in [9.17, 15) is 0 Å². The Morgan fingerprint density at radius 3 is 2.42 bits per heavy atom. The van der Waals surface area contributed by atoms with Crippen LogP contribution in [0.4, 0.5) is 0 Å². The maximum atomic E-state index is 5.90. The van der Waals surface area contributed by atoms with Crippen molar-refractivity contribution in [2.24, 2.45) is 0 Å². The highest BCUT2D eigenvalue weighted by Gasteiger charge is 2.24. The van der Waals surface area contributed by atoms with Gasteiger partial charge in [-0.25, -0.2) is 0 Å². The molecule has 0 N–H and O–H groups in total. The van der Waals surface area contributed by atoms with E-state index in [2.05, 4.69) is 37.1 Å². The van der Waals surface area contributed by atoms with Crippen LogP contribution >= 0.6 is 11.8 Å². The second-order valence-electron chi connectivity index (χ2n) is 8.24. The van der Waals surface area contributed by atoms with E-state index in [0.717, 1.165) is 40.7 Å². The largest absolute Gasteiger partial charge is 0.497 e. The van der Waals surface area contributed by atoms with Gasteiger partial charge < -0.3 is 9.15 Å². The molecule has 2 heterocycles. The van der Waals surface area contributed by atoms with Crippen LogP contribution in [-0.4, -0.2) is 32.1 Å². The van der Waals surface area contributed by atoms with Crippen molar-refractivity contribution in [3.8, 4) is 17.1 Å². The molecule has 7 nitrogen and oxygen atoms in total. The summed E-state index contributed by atoms with van der Waals surface area (Å²) < 4.78 is 13.5. The minimum absolute atomic E-state index is 0.407.